The van der Waals surface area contributed by atoms with Crippen molar-refractivity contribution in [3.05, 3.63) is 88.1 Å². The molecule has 0 amide bonds. The fourth-order valence-corrected chi connectivity index (χ4v) is 3.43. The minimum Gasteiger partial charge on any atom is -0.439 e. The molecule has 3 aromatic carbocycles. The van der Waals surface area contributed by atoms with Gasteiger partial charge in [-0.3, -0.25) is 9.59 Å². The largest absolute Gasteiger partial charge is 0.439 e. The first-order valence-electron chi connectivity index (χ1n) is 8.95. The first-order chi connectivity index (χ1) is 13.2. The Bertz CT molecular complexity index is 1180. The van der Waals surface area contributed by atoms with Gasteiger partial charge in [-0.05, 0) is 29.3 Å². The molecule has 0 saturated heterocycles. The maximum absolute atomic E-state index is 13.1. The van der Waals surface area contributed by atoms with Gasteiger partial charge in [0, 0.05) is 13.1 Å². The topological polar surface area (TPSA) is 50.5 Å². The van der Waals surface area contributed by atoms with E-state index in [9.17, 15) is 9.59 Å². The second-order valence-corrected chi connectivity index (χ2v) is 6.43. The van der Waals surface area contributed by atoms with Crippen LogP contribution in [-0.4, -0.2) is 12.8 Å². The van der Waals surface area contributed by atoms with E-state index in [1.165, 1.54) is 0 Å². The summed E-state index contributed by atoms with van der Waals surface area (Å²) in [6, 6.07) is 21.3. The summed E-state index contributed by atoms with van der Waals surface area (Å²) in [5.74, 6) is 0.323. The highest BCUT2D eigenvalue weighted by molar-refractivity contribution is 6.07. The van der Waals surface area contributed by atoms with Crippen LogP contribution < -0.4 is 10.3 Å². The SMILES string of the molecule is CCN(Cc1ccccc1)c1oc2ccc3ccccc3c2c(=O)c1C=O. The smallest absolute Gasteiger partial charge is 0.210 e. The summed E-state index contributed by atoms with van der Waals surface area (Å²) in [7, 11) is 0. The first kappa shape index (κ1) is 17.0. The lowest BCUT2D eigenvalue weighted by Crippen LogP contribution is -2.26. The van der Waals surface area contributed by atoms with Crippen LogP contribution in [0.1, 0.15) is 22.8 Å². The molecule has 0 saturated carbocycles. The van der Waals surface area contributed by atoms with Crippen molar-refractivity contribution in [2.24, 2.45) is 0 Å². The molecule has 1 heterocycles. The summed E-state index contributed by atoms with van der Waals surface area (Å²) in [6.45, 7) is 3.14. The van der Waals surface area contributed by atoms with Crippen molar-refractivity contribution >= 4 is 33.9 Å². The molecule has 0 fully saturated rings. The third kappa shape index (κ3) is 2.99. The van der Waals surface area contributed by atoms with Crippen molar-refractivity contribution in [3.8, 4) is 0 Å². The number of carbonyl (C=O) groups is 1. The molecule has 4 rings (SSSR count). The number of benzene rings is 3. The summed E-state index contributed by atoms with van der Waals surface area (Å²) in [5.41, 5.74) is 1.35. The zero-order valence-electron chi connectivity index (χ0n) is 15.0. The summed E-state index contributed by atoms with van der Waals surface area (Å²) >= 11 is 0. The number of nitrogens with zero attached hydrogens (tertiary/aromatic N) is 1. The van der Waals surface area contributed by atoms with Crippen LogP contribution in [-0.2, 0) is 6.54 Å². The van der Waals surface area contributed by atoms with E-state index in [2.05, 4.69) is 0 Å². The van der Waals surface area contributed by atoms with Crippen molar-refractivity contribution < 1.29 is 9.21 Å². The highest BCUT2D eigenvalue weighted by atomic mass is 16.4. The van der Waals surface area contributed by atoms with Crippen molar-refractivity contribution in [3.63, 3.8) is 0 Å². The van der Waals surface area contributed by atoms with Gasteiger partial charge in [-0.15, -0.1) is 0 Å². The monoisotopic (exact) mass is 357 g/mol. The van der Waals surface area contributed by atoms with E-state index < -0.39 is 0 Å². The van der Waals surface area contributed by atoms with Gasteiger partial charge in [0.1, 0.15) is 11.1 Å². The predicted molar refractivity (Wildman–Crippen MR) is 109 cm³/mol. The van der Waals surface area contributed by atoms with Crippen LogP contribution in [0.4, 0.5) is 5.88 Å². The normalized spacial score (nSPS) is 11.0. The molecule has 4 aromatic rings. The molecule has 0 bridgehead atoms. The third-order valence-electron chi connectivity index (χ3n) is 4.80. The van der Waals surface area contributed by atoms with Crippen LogP contribution in [0, 0.1) is 0 Å². The average molecular weight is 357 g/mol. The Kier molecular flexibility index (Phi) is 4.47. The van der Waals surface area contributed by atoms with Gasteiger partial charge in [0.25, 0.3) is 0 Å². The molecule has 0 unspecified atom stereocenters. The highest BCUT2D eigenvalue weighted by Gasteiger charge is 2.20. The van der Waals surface area contributed by atoms with Gasteiger partial charge in [-0.25, -0.2) is 0 Å². The van der Waals surface area contributed by atoms with Crippen molar-refractivity contribution in [1.29, 1.82) is 0 Å². The molecule has 27 heavy (non-hydrogen) atoms. The number of aldehydes is 1. The average Bonchev–Trinajstić information content (AvgIpc) is 2.72. The molecule has 0 spiro atoms. The number of hydrogen-bond donors (Lipinski definition) is 0. The van der Waals surface area contributed by atoms with Crippen LogP contribution in [0.2, 0.25) is 0 Å². The number of fused-ring (bicyclic) bond motifs is 3. The van der Waals surface area contributed by atoms with Crippen LogP contribution >= 0.6 is 0 Å². The van der Waals surface area contributed by atoms with E-state index in [0.29, 0.717) is 36.2 Å². The van der Waals surface area contributed by atoms with Gasteiger partial charge in [-0.1, -0.05) is 60.7 Å². The Hall–Kier alpha value is -3.40. The number of anilines is 1. The molecular weight excluding hydrogens is 338 g/mol. The van der Waals surface area contributed by atoms with E-state index in [4.69, 9.17) is 4.42 Å². The first-order valence-corrected chi connectivity index (χ1v) is 8.95. The summed E-state index contributed by atoms with van der Waals surface area (Å²) in [4.78, 5) is 26.9. The van der Waals surface area contributed by atoms with Crippen LogP contribution in [0.3, 0.4) is 0 Å². The number of carbonyl (C=O) groups excluding carboxylic acids is 1. The molecule has 1 aromatic heterocycles. The molecule has 0 radical (unpaired) electrons. The lowest BCUT2D eigenvalue weighted by molar-refractivity contribution is 0.112. The van der Waals surface area contributed by atoms with Crippen LogP contribution in [0.25, 0.3) is 21.7 Å². The third-order valence-corrected chi connectivity index (χ3v) is 4.80. The Labute approximate surface area is 156 Å². The summed E-state index contributed by atoms with van der Waals surface area (Å²) in [5, 5.41) is 2.19. The lowest BCUT2D eigenvalue weighted by Gasteiger charge is -2.23. The van der Waals surface area contributed by atoms with Crippen LogP contribution in [0.15, 0.2) is 75.9 Å². The molecule has 0 aliphatic heterocycles. The summed E-state index contributed by atoms with van der Waals surface area (Å²) < 4.78 is 6.09. The second-order valence-electron chi connectivity index (χ2n) is 6.43. The van der Waals surface area contributed by atoms with Gasteiger partial charge in [-0.2, -0.15) is 0 Å². The Morgan fingerprint density at radius 2 is 1.70 bits per heavy atom. The van der Waals surface area contributed by atoms with E-state index >= 15 is 0 Å². The maximum atomic E-state index is 13.1. The zero-order chi connectivity index (χ0) is 18.8. The van der Waals surface area contributed by atoms with Gasteiger partial charge in [0.2, 0.25) is 11.3 Å². The van der Waals surface area contributed by atoms with E-state index in [-0.39, 0.29) is 11.0 Å². The van der Waals surface area contributed by atoms with Crippen molar-refractivity contribution in [2.75, 3.05) is 11.4 Å². The highest BCUT2D eigenvalue weighted by Crippen LogP contribution is 2.28. The molecule has 134 valence electrons. The quantitative estimate of drug-likeness (QED) is 0.381. The van der Waals surface area contributed by atoms with E-state index in [1.807, 2.05) is 72.5 Å². The van der Waals surface area contributed by atoms with Crippen molar-refractivity contribution in [2.45, 2.75) is 13.5 Å². The van der Waals surface area contributed by atoms with Crippen LogP contribution in [0.5, 0.6) is 0 Å². The molecule has 4 heteroatoms. The minimum absolute atomic E-state index is 0.0663. The van der Waals surface area contributed by atoms with Gasteiger partial charge < -0.3 is 9.32 Å². The number of rotatable bonds is 5. The second kappa shape index (κ2) is 7.08. The number of hydrogen-bond acceptors (Lipinski definition) is 4. The Morgan fingerprint density at radius 1 is 0.963 bits per heavy atom. The lowest BCUT2D eigenvalue weighted by atomic mass is 10.0. The Morgan fingerprint density at radius 3 is 2.44 bits per heavy atom. The summed E-state index contributed by atoms with van der Waals surface area (Å²) in [6.07, 6.45) is 0.607. The standard InChI is InChI=1S/C23H19NO3/c1-2-24(14-16-8-4-3-5-9-16)23-19(15-25)22(26)21-18-11-7-6-10-17(18)12-13-20(21)27-23/h3-13,15H,2,14H2,1H3. The minimum atomic E-state index is -0.287. The molecule has 0 atom stereocenters. The maximum Gasteiger partial charge on any atom is 0.210 e. The van der Waals surface area contributed by atoms with Crippen molar-refractivity contribution in [1.82, 2.24) is 0 Å². The fourth-order valence-electron chi connectivity index (χ4n) is 3.43. The van der Waals surface area contributed by atoms with E-state index in [1.54, 1.807) is 6.07 Å². The predicted octanol–water partition coefficient (Wildman–Crippen LogP) is 4.79. The molecule has 4 nitrogen and oxygen atoms in total. The van der Waals surface area contributed by atoms with Gasteiger partial charge in [0.15, 0.2) is 6.29 Å². The fraction of sp³-hybridized carbons (Fsp3) is 0.130. The molecule has 0 N–H and O–H groups in total. The van der Waals surface area contributed by atoms with Gasteiger partial charge >= 0.3 is 0 Å². The van der Waals surface area contributed by atoms with E-state index in [0.717, 1.165) is 16.3 Å². The Balaban J connectivity index is 1.94. The molecule has 0 aliphatic rings. The zero-order valence-corrected chi connectivity index (χ0v) is 15.0. The van der Waals surface area contributed by atoms with Gasteiger partial charge in [0.05, 0.1) is 5.39 Å². The molecule has 0 aliphatic carbocycles. The molecular formula is C23H19NO3.